The van der Waals surface area contributed by atoms with Crippen LogP contribution in [0.25, 0.3) is 11.1 Å². The van der Waals surface area contributed by atoms with Gasteiger partial charge in [-0.3, -0.25) is 0 Å². The molecule has 0 unspecified atom stereocenters. The molecule has 0 aliphatic heterocycles. The Labute approximate surface area is 165 Å². The molecule has 0 saturated carbocycles. The van der Waals surface area contributed by atoms with E-state index in [4.69, 9.17) is 18.9 Å². The number of hydrogen-bond donors (Lipinski definition) is 2. The summed E-state index contributed by atoms with van der Waals surface area (Å²) in [5.74, 6) is 1.68. The van der Waals surface area contributed by atoms with Gasteiger partial charge in [0.2, 0.25) is 23.5 Å². The van der Waals surface area contributed by atoms with Crippen molar-refractivity contribution in [3.05, 3.63) is 23.3 Å². The smallest absolute Gasteiger partial charge is 0.220 e. The van der Waals surface area contributed by atoms with Gasteiger partial charge in [-0.2, -0.15) is 9.97 Å². The first-order valence-electron chi connectivity index (χ1n) is 9.09. The normalized spacial score (nSPS) is 10.6. The first-order chi connectivity index (χ1) is 13.6. The highest BCUT2D eigenvalue weighted by molar-refractivity contribution is 5.76. The fourth-order valence-electron chi connectivity index (χ4n) is 3.12. The highest BCUT2D eigenvalue weighted by Gasteiger charge is 2.23. The Morgan fingerprint density at radius 1 is 0.714 bits per heavy atom. The van der Waals surface area contributed by atoms with E-state index in [2.05, 4.69) is 9.97 Å². The van der Waals surface area contributed by atoms with Gasteiger partial charge in [0.25, 0.3) is 0 Å². The number of nitrogens with zero attached hydrogens (tertiary/aromatic N) is 2. The fraction of sp³-hybridized carbons (Fsp3) is 0.500. The third-order valence-corrected chi connectivity index (χ3v) is 4.36. The van der Waals surface area contributed by atoms with Crippen LogP contribution >= 0.6 is 0 Å². The molecule has 154 valence electrons. The van der Waals surface area contributed by atoms with Gasteiger partial charge in [-0.15, -0.1) is 0 Å². The Bertz CT molecular complexity index is 725. The van der Waals surface area contributed by atoms with Crippen LogP contribution in [0.3, 0.4) is 0 Å². The van der Waals surface area contributed by atoms with Crippen molar-refractivity contribution in [3.8, 4) is 34.6 Å². The second-order valence-corrected chi connectivity index (χ2v) is 6.06. The average molecular weight is 392 g/mol. The third-order valence-electron chi connectivity index (χ3n) is 4.36. The molecular weight excluding hydrogens is 364 g/mol. The lowest BCUT2D eigenvalue weighted by atomic mass is 9.91. The number of rotatable bonds is 11. The van der Waals surface area contributed by atoms with Crippen molar-refractivity contribution in [1.82, 2.24) is 9.97 Å². The fourth-order valence-corrected chi connectivity index (χ4v) is 3.12. The molecule has 2 aromatic heterocycles. The van der Waals surface area contributed by atoms with Crippen LogP contribution in [0.15, 0.2) is 12.1 Å². The van der Waals surface area contributed by atoms with E-state index in [9.17, 15) is 10.2 Å². The van der Waals surface area contributed by atoms with E-state index in [0.29, 0.717) is 49.2 Å². The minimum atomic E-state index is 0.0452. The zero-order chi connectivity index (χ0) is 20.5. The molecule has 2 aromatic rings. The monoisotopic (exact) mass is 392 g/mol. The Morgan fingerprint density at radius 2 is 1.18 bits per heavy atom. The Balaban J connectivity index is 2.82. The summed E-state index contributed by atoms with van der Waals surface area (Å²) in [6, 6.07) is 3.61. The molecule has 0 bridgehead atoms. The van der Waals surface area contributed by atoms with E-state index in [0.717, 1.165) is 22.3 Å². The summed E-state index contributed by atoms with van der Waals surface area (Å²) in [6.07, 6.45) is 2.22. The predicted octanol–water partition coefficient (Wildman–Crippen LogP) is 2.03. The van der Waals surface area contributed by atoms with Gasteiger partial charge in [0.15, 0.2) is 0 Å². The molecule has 2 N–H and O–H groups in total. The molecule has 0 spiro atoms. The minimum absolute atomic E-state index is 0.0452. The molecule has 2 heterocycles. The van der Waals surface area contributed by atoms with E-state index in [-0.39, 0.29) is 13.2 Å². The summed E-state index contributed by atoms with van der Waals surface area (Å²) in [7, 11) is 6.18. The van der Waals surface area contributed by atoms with Crippen LogP contribution in [0.1, 0.15) is 24.0 Å². The minimum Gasteiger partial charge on any atom is -0.481 e. The van der Waals surface area contributed by atoms with E-state index >= 15 is 0 Å². The second kappa shape index (κ2) is 10.7. The van der Waals surface area contributed by atoms with Crippen LogP contribution in [0, 0.1) is 0 Å². The van der Waals surface area contributed by atoms with Crippen LogP contribution in [0.4, 0.5) is 0 Å². The largest absolute Gasteiger partial charge is 0.481 e. The molecule has 8 heteroatoms. The standard InChI is InChI=1S/C20H28N2O6/c1-25-16-11-13(12-17(21-16)26-2)18-14(7-5-9-23)19(27-3)22-20(28-4)15(18)8-6-10-24/h11-12,23-24H,5-10H2,1-4H3. The molecule has 0 atom stereocenters. The molecular formula is C20H28N2O6. The Hall–Kier alpha value is -2.58. The number of aromatic nitrogens is 2. The highest BCUT2D eigenvalue weighted by atomic mass is 16.5. The van der Waals surface area contributed by atoms with Gasteiger partial charge in [-0.25, -0.2) is 0 Å². The van der Waals surface area contributed by atoms with Crippen LogP contribution < -0.4 is 18.9 Å². The number of pyridine rings is 2. The van der Waals surface area contributed by atoms with E-state index < -0.39 is 0 Å². The first kappa shape index (κ1) is 21.7. The summed E-state index contributed by atoms with van der Waals surface area (Å²) in [5, 5.41) is 18.7. The van der Waals surface area contributed by atoms with Crippen molar-refractivity contribution >= 4 is 0 Å². The summed E-state index contributed by atoms with van der Waals surface area (Å²) in [6.45, 7) is 0.0904. The molecule has 28 heavy (non-hydrogen) atoms. The van der Waals surface area contributed by atoms with Gasteiger partial charge < -0.3 is 29.2 Å². The lowest BCUT2D eigenvalue weighted by Crippen LogP contribution is -2.08. The number of aliphatic hydroxyl groups is 2. The molecule has 8 nitrogen and oxygen atoms in total. The van der Waals surface area contributed by atoms with E-state index in [1.54, 1.807) is 28.4 Å². The molecule has 0 aromatic carbocycles. The quantitative estimate of drug-likeness (QED) is 0.599. The van der Waals surface area contributed by atoms with Crippen molar-refractivity contribution in [2.45, 2.75) is 25.7 Å². The van der Waals surface area contributed by atoms with Gasteiger partial charge in [0.05, 0.1) is 28.4 Å². The maximum absolute atomic E-state index is 9.36. The van der Waals surface area contributed by atoms with Crippen molar-refractivity contribution in [2.24, 2.45) is 0 Å². The number of hydrogen-bond acceptors (Lipinski definition) is 8. The van der Waals surface area contributed by atoms with Crippen molar-refractivity contribution < 1.29 is 29.2 Å². The molecule has 0 aliphatic rings. The zero-order valence-corrected chi connectivity index (χ0v) is 16.8. The van der Waals surface area contributed by atoms with E-state index in [1.807, 2.05) is 12.1 Å². The lowest BCUT2D eigenvalue weighted by Gasteiger charge is -2.20. The van der Waals surface area contributed by atoms with E-state index in [1.165, 1.54) is 0 Å². The van der Waals surface area contributed by atoms with Crippen molar-refractivity contribution in [3.63, 3.8) is 0 Å². The molecule has 0 aliphatic carbocycles. The van der Waals surface area contributed by atoms with Crippen LogP contribution in [0.2, 0.25) is 0 Å². The van der Waals surface area contributed by atoms with Crippen LogP contribution in [0.5, 0.6) is 23.5 Å². The predicted molar refractivity (Wildman–Crippen MR) is 104 cm³/mol. The van der Waals surface area contributed by atoms with Gasteiger partial charge in [0, 0.05) is 36.5 Å². The summed E-state index contributed by atoms with van der Waals surface area (Å²) in [5.41, 5.74) is 3.37. The van der Waals surface area contributed by atoms with Gasteiger partial charge in [-0.1, -0.05) is 0 Å². The average Bonchev–Trinajstić information content (AvgIpc) is 2.74. The molecule has 2 rings (SSSR count). The Morgan fingerprint density at radius 3 is 1.54 bits per heavy atom. The molecule has 0 amide bonds. The van der Waals surface area contributed by atoms with Gasteiger partial charge in [0.1, 0.15) is 0 Å². The first-order valence-corrected chi connectivity index (χ1v) is 9.09. The molecule has 0 radical (unpaired) electrons. The second-order valence-electron chi connectivity index (χ2n) is 6.06. The summed E-state index contributed by atoms with van der Waals surface area (Å²) in [4.78, 5) is 8.76. The third kappa shape index (κ3) is 4.82. The lowest BCUT2D eigenvalue weighted by molar-refractivity contribution is 0.286. The van der Waals surface area contributed by atoms with Crippen molar-refractivity contribution in [2.75, 3.05) is 41.7 Å². The van der Waals surface area contributed by atoms with Gasteiger partial charge >= 0.3 is 0 Å². The van der Waals surface area contributed by atoms with Crippen LogP contribution in [-0.2, 0) is 12.8 Å². The SMILES string of the molecule is COc1cc(-c2c(CCCO)c(OC)nc(OC)c2CCCO)cc(OC)n1. The summed E-state index contributed by atoms with van der Waals surface area (Å²) < 4.78 is 21.7. The summed E-state index contributed by atoms with van der Waals surface area (Å²) >= 11 is 0. The van der Waals surface area contributed by atoms with Gasteiger partial charge in [-0.05, 0) is 36.8 Å². The number of methoxy groups -OCH3 is 4. The maximum atomic E-state index is 9.36. The maximum Gasteiger partial charge on any atom is 0.220 e. The Kier molecular flexibility index (Phi) is 8.28. The topological polar surface area (TPSA) is 103 Å². The van der Waals surface area contributed by atoms with Crippen LogP contribution in [-0.4, -0.2) is 61.8 Å². The highest BCUT2D eigenvalue weighted by Crippen LogP contribution is 2.40. The number of ether oxygens (including phenoxy) is 4. The molecule has 0 fully saturated rings. The zero-order valence-electron chi connectivity index (χ0n) is 16.8. The van der Waals surface area contributed by atoms with Crippen molar-refractivity contribution in [1.29, 1.82) is 0 Å². The molecule has 0 saturated heterocycles. The number of aliphatic hydroxyl groups excluding tert-OH is 2.